The van der Waals surface area contributed by atoms with Crippen molar-refractivity contribution in [2.75, 3.05) is 30.4 Å². The highest BCUT2D eigenvalue weighted by atomic mass is 16.5. The zero-order chi connectivity index (χ0) is 14.4. The fourth-order valence-electron chi connectivity index (χ4n) is 2.40. The van der Waals surface area contributed by atoms with Gasteiger partial charge in [0, 0.05) is 25.6 Å². The third-order valence-corrected chi connectivity index (χ3v) is 3.51. The van der Waals surface area contributed by atoms with Gasteiger partial charge in [0.15, 0.2) is 0 Å². The van der Waals surface area contributed by atoms with Crippen LogP contribution in [0.25, 0.3) is 0 Å². The number of ether oxygens (including phenoxy) is 1. The van der Waals surface area contributed by atoms with Crippen LogP contribution >= 0.6 is 0 Å². The van der Waals surface area contributed by atoms with Gasteiger partial charge >= 0.3 is 0 Å². The minimum atomic E-state index is -0.0281. The summed E-state index contributed by atoms with van der Waals surface area (Å²) in [6, 6.07) is 1.99. The highest BCUT2D eigenvalue weighted by Crippen LogP contribution is 2.24. The summed E-state index contributed by atoms with van der Waals surface area (Å²) in [5.41, 5.74) is -0.0281. The Balaban J connectivity index is 2.12. The lowest BCUT2D eigenvalue weighted by atomic mass is 9.95. The maximum absolute atomic E-state index is 5.59. The molecule has 5 nitrogen and oxygen atoms in total. The van der Waals surface area contributed by atoms with E-state index in [2.05, 4.69) is 41.4 Å². The molecule has 112 valence electrons. The van der Waals surface area contributed by atoms with Crippen molar-refractivity contribution in [3.05, 3.63) is 11.9 Å². The zero-order valence-electron chi connectivity index (χ0n) is 12.8. The normalized spacial score (nSPS) is 22.6. The quantitative estimate of drug-likeness (QED) is 0.838. The number of aryl methyl sites for hydroxylation is 1. The van der Waals surface area contributed by atoms with E-state index >= 15 is 0 Å². The summed E-state index contributed by atoms with van der Waals surface area (Å²) in [6.07, 6.45) is 4.12. The number of nitrogens with one attached hydrogen (secondary N) is 2. The molecule has 1 aliphatic rings. The molecule has 1 unspecified atom stereocenters. The van der Waals surface area contributed by atoms with Crippen LogP contribution in [0.4, 0.5) is 11.6 Å². The number of anilines is 2. The number of hydrogen-bond donors (Lipinski definition) is 2. The first kappa shape index (κ1) is 15.0. The molecule has 1 aromatic heterocycles. The second-order valence-electron chi connectivity index (χ2n) is 5.68. The van der Waals surface area contributed by atoms with Gasteiger partial charge in [-0.2, -0.15) is 0 Å². The molecule has 20 heavy (non-hydrogen) atoms. The predicted octanol–water partition coefficient (Wildman–Crippen LogP) is 2.84. The van der Waals surface area contributed by atoms with Gasteiger partial charge in [0.25, 0.3) is 0 Å². The van der Waals surface area contributed by atoms with Crippen LogP contribution in [0.2, 0.25) is 0 Å². The maximum Gasteiger partial charge on any atom is 0.132 e. The molecule has 0 saturated carbocycles. The summed E-state index contributed by atoms with van der Waals surface area (Å²) in [7, 11) is 0. The second-order valence-corrected chi connectivity index (χ2v) is 5.68. The second kappa shape index (κ2) is 6.88. The lowest BCUT2D eigenvalue weighted by Crippen LogP contribution is -2.43. The van der Waals surface area contributed by atoms with Gasteiger partial charge in [-0.15, -0.1) is 0 Å². The molecule has 1 fully saturated rings. The van der Waals surface area contributed by atoms with E-state index in [1.807, 2.05) is 6.07 Å². The van der Waals surface area contributed by atoms with Crippen LogP contribution in [-0.4, -0.2) is 35.3 Å². The molecular formula is C15H26N4O. The van der Waals surface area contributed by atoms with Crippen molar-refractivity contribution in [3.63, 3.8) is 0 Å². The first-order chi connectivity index (χ1) is 9.65. The van der Waals surface area contributed by atoms with E-state index in [0.717, 1.165) is 62.9 Å². The number of rotatable bonds is 6. The zero-order valence-corrected chi connectivity index (χ0v) is 12.8. The Hall–Kier alpha value is -1.36. The first-order valence-electron chi connectivity index (χ1n) is 7.63. The number of nitrogens with zero attached hydrogens (tertiary/aromatic N) is 2. The Morgan fingerprint density at radius 2 is 2.10 bits per heavy atom. The topological polar surface area (TPSA) is 59.1 Å². The monoisotopic (exact) mass is 278 g/mol. The Kier molecular flexibility index (Phi) is 5.17. The van der Waals surface area contributed by atoms with Gasteiger partial charge in [-0.3, -0.25) is 0 Å². The molecule has 0 aliphatic carbocycles. The van der Waals surface area contributed by atoms with Gasteiger partial charge in [0.1, 0.15) is 17.5 Å². The Labute approximate surface area is 121 Å². The highest BCUT2D eigenvalue weighted by Gasteiger charge is 2.27. The van der Waals surface area contributed by atoms with Crippen LogP contribution in [0.5, 0.6) is 0 Å². The summed E-state index contributed by atoms with van der Waals surface area (Å²) in [5.74, 6) is 2.67. The molecule has 1 aliphatic heterocycles. The predicted molar refractivity (Wildman–Crippen MR) is 82.3 cm³/mol. The van der Waals surface area contributed by atoms with E-state index in [1.165, 1.54) is 0 Å². The van der Waals surface area contributed by atoms with Crippen LogP contribution in [0.3, 0.4) is 0 Å². The fraction of sp³-hybridized carbons (Fsp3) is 0.733. The summed E-state index contributed by atoms with van der Waals surface area (Å²) < 4.78 is 5.59. The fourth-order valence-corrected chi connectivity index (χ4v) is 2.40. The summed E-state index contributed by atoms with van der Waals surface area (Å²) in [6.45, 7) is 8.95. The summed E-state index contributed by atoms with van der Waals surface area (Å²) >= 11 is 0. The number of aromatic nitrogens is 2. The molecule has 0 bridgehead atoms. The van der Waals surface area contributed by atoms with Crippen molar-refractivity contribution >= 4 is 11.6 Å². The van der Waals surface area contributed by atoms with Crippen molar-refractivity contribution in [2.24, 2.45) is 0 Å². The van der Waals surface area contributed by atoms with Crippen molar-refractivity contribution in [1.29, 1.82) is 0 Å². The Morgan fingerprint density at radius 3 is 2.75 bits per heavy atom. The third kappa shape index (κ3) is 4.07. The van der Waals surface area contributed by atoms with Gasteiger partial charge in [0.05, 0.1) is 12.1 Å². The molecule has 1 atom stereocenters. The average molecular weight is 278 g/mol. The van der Waals surface area contributed by atoms with Crippen LogP contribution in [0, 0.1) is 0 Å². The molecule has 1 saturated heterocycles. The molecule has 1 aromatic rings. The van der Waals surface area contributed by atoms with Crippen LogP contribution in [0.15, 0.2) is 6.07 Å². The van der Waals surface area contributed by atoms with Crippen molar-refractivity contribution in [3.8, 4) is 0 Å². The maximum atomic E-state index is 5.59. The summed E-state index contributed by atoms with van der Waals surface area (Å²) in [5, 5.41) is 6.87. The lowest BCUT2D eigenvalue weighted by molar-refractivity contribution is 0.0539. The Bertz CT molecular complexity index is 430. The van der Waals surface area contributed by atoms with Crippen LogP contribution in [0.1, 0.15) is 45.9 Å². The van der Waals surface area contributed by atoms with Gasteiger partial charge in [0.2, 0.25) is 0 Å². The van der Waals surface area contributed by atoms with E-state index < -0.39 is 0 Å². The highest BCUT2D eigenvalue weighted by molar-refractivity contribution is 5.49. The van der Waals surface area contributed by atoms with Gasteiger partial charge in [-0.25, -0.2) is 9.97 Å². The third-order valence-electron chi connectivity index (χ3n) is 3.51. The van der Waals surface area contributed by atoms with Crippen LogP contribution in [-0.2, 0) is 11.2 Å². The minimum Gasteiger partial charge on any atom is -0.379 e. The lowest BCUT2D eigenvalue weighted by Gasteiger charge is -2.34. The van der Waals surface area contributed by atoms with Crippen molar-refractivity contribution < 1.29 is 4.74 Å². The van der Waals surface area contributed by atoms with Gasteiger partial charge in [-0.05, 0) is 26.2 Å². The van der Waals surface area contributed by atoms with Gasteiger partial charge < -0.3 is 15.4 Å². The SMILES string of the molecule is CCCNc1cc(NC2(C)CCCOC2)nc(CC)n1. The van der Waals surface area contributed by atoms with E-state index in [9.17, 15) is 0 Å². The molecule has 2 rings (SSSR count). The first-order valence-corrected chi connectivity index (χ1v) is 7.63. The smallest absolute Gasteiger partial charge is 0.132 e. The molecule has 2 heterocycles. The largest absolute Gasteiger partial charge is 0.379 e. The van der Waals surface area contributed by atoms with Crippen molar-refractivity contribution in [2.45, 2.75) is 52.0 Å². The van der Waals surface area contributed by atoms with E-state index in [-0.39, 0.29) is 5.54 Å². The van der Waals surface area contributed by atoms with Crippen LogP contribution < -0.4 is 10.6 Å². The Morgan fingerprint density at radius 1 is 1.30 bits per heavy atom. The molecule has 0 spiro atoms. The molecular weight excluding hydrogens is 252 g/mol. The van der Waals surface area contributed by atoms with Gasteiger partial charge in [-0.1, -0.05) is 13.8 Å². The van der Waals surface area contributed by atoms with E-state index in [0.29, 0.717) is 0 Å². The molecule has 2 N–H and O–H groups in total. The molecule has 0 radical (unpaired) electrons. The summed E-state index contributed by atoms with van der Waals surface area (Å²) in [4.78, 5) is 9.09. The van der Waals surface area contributed by atoms with E-state index in [4.69, 9.17) is 4.74 Å². The average Bonchev–Trinajstić information content (AvgIpc) is 2.45. The molecule has 0 aromatic carbocycles. The standard InChI is InChI=1S/C15H26N4O/c1-4-8-16-13-10-14(18-12(5-2)17-13)19-15(3)7-6-9-20-11-15/h10H,4-9,11H2,1-3H3,(H2,16,17,18,19). The number of hydrogen-bond acceptors (Lipinski definition) is 5. The molecule has 5 heteroatoms. The van der Waals surface area contributed by atoms with E-state index in [1.54, 1.807) is 0 Å². The van der Waals surface area contributed by atoms with Crippen molar-refractivity contribution in [1.82, 2.24) is 9.97 Å². The molecule has 0 amide bonds. The minimum absolute atomic E-state index is 0.0281.